The summed E-state index contributed by atoms with van der Waals surface area (Å²) >= 11 is 0. The van der Waals surface area contributed by atoms with Gasteiger partial charge < -0.3 is 0 Å². The number of guanidine groups is 1. The molecule has 0 fully saturated rings. The van der Waals surface area contributed by atoms with Crippen LogP contribution in [0.1, 0.15) is 22.3 Å². The van der Waals surface area contributed by atoms with Crippen molar-refractivity contribution in [1.82, 2.24) is 14.0 Å². The normalized spacial score (nSPS) is 16.6. The Morgan fingerprint density at radius 2 is 0.732 bits per heavy atom. The highest BCUT2D eigenvalue weighted by Gasteiger charge is 2.38. The van der Waals surface area contributed by atoms with Crippen molar-refractivity contribution in [1.29, 1.82) is 0 Å². The van der Waals surface area contributed by atoms with Gasteiger partial charge in [-0.15, -0.1) is 0 Å². The van der Waals surface area contributed by atoms with Crippen molar-refractivity contribution < 1.29 is 57.1 Å². The maximum absolute atomic E-state index is 15.2. The Kier molecular flexibility index (Phi) is 7.11. The first kappa shape index (κ1) is 35.2. The SMILES string of the molecule is FC1=CC2=NC(n3c4ccc(C(F)(F)F)cc4c4cc(C(F)(F)F)ccc43)=NC3=NC(n4c5ccc(C(F)(F)F)cc5c5cc(C(F)(F)F)ccc54)=NC(=C1)N23. The zero-order chi connectivity index (χ0) is 39.9. The highest BCUT2D eigenvalue weighted by atomic mass is 19.4. The van der Waals surface area contributed by atoms with Crippen LogP contribution in [0.5, 0.6) is 0 Å². The van der Waals surface area contributed by atoms with Crippen molar-refractivity contribution in [2.24, 2.45) is 20.0 Å². The third kappa shape index (κ3) is 5.44. The smallest absolute Gasteiger partial charge is 0.278 e. The largest absolute Gasteiger partial charge is 0.416 e. The van der Waals surface area contributed by atoms with Crippen molar-refractivity contribution in [2.45, 2.75) is 24.7 Å². The Labute approximate surface area is 302 Å². The van der Waals surface area contributed by atoms with Gasteiger partial charge in [0.1, 0.15) is 17.5 Å². The Morgan fingerprint density at radius 3 is 1.09 bits per heavy atom. The minimum Gasteiger partial charge on any atom is -0.278 e. The molecule has 6 aromatic rings. The van der Waals surface area contributed by atoms with Crippen LogP contribution >= 0.6 is 0 Å². The van der Waals surface area contributed by atoms with E-state index in [1.165, 1.54) is 0 Å². The molecule has 284 valence electrons. The lowest BCUT2D eigenvalue weighted by atomic mass is 10.1. The van der Waals surface area contributed by atoms with E-state index in [9.17, 15) is 52.7 Å². The Morgan fingerprint density at radius 1 is 0.393 bits per heavy atom. The molecule has 3 aliphatic rings. The number of benzene rings is 4. The quantitative estimate of drug-likeness (QED) is 0.141. The molecule has 5 heterocycles. The number of hydrogen-bond donors (Lipinski definition) is 0. The monoisotopic (exact) mass is 791 g/mol. The van der Waals surface area contributed by atoms with Crippen LogP contribution < -0.4 is 0 Å². The zero-order valence-corrected chi connectivity index (χ0v) is 27.1. The predicted octanol–water partition coefficient (Wildman–Crippen LogP) is 10.9. The van der Waals surface area contributed by atoms with E-state index in [0.717, 1.165) is 50.5 Å². The van der Waals surface area contributed by atoms with Gasteiger partial charge in [-0.2, -0.15) is 72.7 Å². The minimum atomic E-state index is -4.87. The van der Waals surface area contributed by atoms with Crippen molar-refractivity contribution in [3.63, 3.8) is 0 Å². The molecule has 0 spiro atoms. The average molecular weight is 792 g/mol. The summed E-state index contributed by atoms with van der Waals surface area (Å²) < 4.78 is 183. The number of aromatic nitrogens is 2. The van der Waals surface area contributed by atoms with Crippen LogP contribution in [0.4, 0.5) is 57.1 Å². The summed E-state index contributed by atoms with van der Waals surface area (Å²) in [5.41, 5.74) is -4.95. The Hall–Kier alpha value is -6.47. The van der Waals surface area contributed by atoms with E-state index >= 15 is 4.39 Å². The third-order valence-electron chi connectivity index (χ3n) is 9.26. The van der Waals surface area contributed by atoms with E-state index in [2.05, 4.69) is 20.0 Å². The van der Waals surface area contributed by atoms with Gasteiger partial charge in [0, 0.05) is 33.7 Å². The van der Waals surface area contributed by atoms with Crippen molar-refractivity contribution >= 4 is 67.3 Å². The maximum atomic E-state index is 15.2. The van der Waals surface area contributed by atoms with Crippen LogP contribution in [-0.2, 0) is 24.7 Å². The van der Waals surface area contributed by atoms with Crippen LogP contribution in [0.15, 0.2) is 117 Å². The van der Waals surface area contributed by atoms with Crippen molar-refractivity contribution in [3.8, 4) is 0 Å². The fraction of sp³-hybridized carbons (Fsp3) is 0.111. The standard InChI is InChI=1S/C36H14F13N7/c37-19-13-28-50-30(54-24-5-1-15(33(38,39)40)9-20(24)21-10-16(34(41,42)43)2-6-25(21)54)52-32-53-31(51-29(14-19)56(28)32)55-26-7-3-17(35(44,45)46)11-22(26)23-12-18(36(47,48)49)4-8-27(23)55/h1-14H. The molecule has 3 aliphatic heterocycles. The van der Waals surface area contributed by atoms with E-state index < -0.39 is 64.7 Å². The third-order valence-corrected chi connectivity index (χ3v) is 9.26. The molecule has 0 N–H and O–H groups in total. The molecule has 0 unspecified atom stereocenters. The number of allylic oxidation sites excluding steroid dienone is 2. The van der Waals surface area contributed by atoms with Gasteiger partial charge in [-0.1, -0.05) is 0 Å². The van der Waals surface area contributed by atoms with Gasteiger partial charge in [0.15, 0.2) is 0 Å². The Balaban J connectivity index is 1.29. The van der Waals surface area contributed by atoms with Gasteiger partial charge >= 0.3 is 24.7 Å². The van der Waals surface area contributed by atoms with E-state index in [-0.39, 0.29) is 61.2 Å². The molecule has 56 heavy (non-hydrogen) atoms. The molecule has 0 radical (unpaired) electrons. The average Bonchev–Trinajstić information content (AvgIpc) is 3.61. The van der Waals surface area contributed by atoms with Gasteiger partial charge in [-0.05, 0) is 72.8 Å². The first-order chi connectivity index (χ1) is 26.2. The summed E-state index contributed by atoms with van der Waals surface area (Å²) in [7, 11) is 0. The molecule has 7 nitrogen and oxygen atoms in total. The van der Waals surface area contributed by atoms with E-state index in [1.807, 2.05) is 0 Å². The predicted molar refractivity (Wildman–Crippen MR) is 179 cm³/mol. The first-order valence-corrected chi connectivity index (χ1v) is 15.9. The second-order valence-corrected chi connectivity index (χ2v) is 12.7. The van der Waals surface area contributed by atoms with E-state index in [1.54, 1.807) is 0 Å². The molecule has 0 saturated heterocycles. The number of fused-ring (bicyclic) bond motifs is 6. The zero-order valence-electron chi connectivity index (χ0n) is 27.1. The molecule has 0 saturated carbocycles. The van der Waals surface area contributed by atoms with Crippen LogP contribution in [-0.4, -0.2) is 37.7 Å². The summed E-state index contributed by atoms with van der Waals surface area (Å²) in [4.78, 5) is 18.8. The summed E-state index contributed by atoms with van der Waals surface area (Å²) in [6.07, 6.45) is -17.7. The van der Waals surface area contributed by atoms with Crippen LogP contribution in [0.2, 0.25) is 0 Å². The van der Waals surface area contributed by atoms with Gasteiger partial charge in [0.25, 0.3) is 0 Å². The number of amidine groups is 1. The number of nitrogens with zero attached hydrogens (tertiary/aromatic N) is 7. The maximum Gasteiger partial charge on any atom is 0.416 e. The molecule has 0 aliphatic carbocycles. The summed E-state index contributed by atoms with van der Waals surface area (Å²) in [5.74, 6) is -2.52. The number of hydrogen-bond acceptors (Lipinski definition) is 5. The Bertz CT molecular complexity index is 2630. The molecule has 2 aromatic heterocycles. The van der Waals surface area contributed by atoms with E-state index in [0.29, 0.717) is 48.5 Å². The van der Waals surface area contributed by atoms with Gasteiger partial charge in [-0.25, -0.2) is 9.29 Å². The molecule has 4 aromatic carbocycles. The highest BCUT2D eigenvalue weighted by Crippen LogP contribution is 2.42. The molecule has 0 amide bonds. The molecule has 20 heteroatoms. The number of aliphatic imine (C=N–C) groups is 4. The fourth-order valence-electron chi connectivity index (χ4n) is 6.85. The first-order valence-electron chi connectivity index (χ1n) is 15.9. The van der Waals surface area contributed by atoms with Gasteiger partial charge in [0.05, 0.1) is 44.3 Å². The molecule has 0 bridgehead atoms. The topological polar surface area (TPSA) is 62.5 Å². The second-order valence-electron chi connectivity index (χ2n) is 12.7. The molecular weight excluding hydrogens is 777 g/mol. The van der Waals surface area contributed by atoms with E-state index in [4.69, 9.17) is 0 Å². The van der Waals surface area contributed by atoms with Crippen molar-refractivity contribution in [2.75, 3.05) is 0 Å². The van der Waals surface area contributed by atoms with Gasteiger partial charge in [-0.3, -0.25) is 9.13 Å². The fourth-order valence-corrected chi connectivity index (χ4v) is 6.85. The summed E-state index contributed by atoms with van der Waals surface area (Å²) in [6.45, 7) is 0. The summed E-state index contributed by atoms with van der Waals surface area (Å²) in [5, 5.41) is -1.03. The lowest BCUT2D eigenvalue weighted by Crippen LogP contribution is -2.43. The molecule has 9 rings (SSSR count). The van der Waals surface area contributed by atoms with Gasteiger partial charge in [0.2, 0.25) is 17.9 Å². The molecule has 0 atom stereocenters. The van der Waals surface area contributed by atoms with Crippen LogP contribution in [0.3, 0.4) is 0 Å². The highest BCUT2D eigenvalue weighted by molar-refractivity contribution is 6.25. The minimum absolute atomic E-state index is 0.0754. The van der Waals surface area contributed by atoms with Crippen molar-refractivity contribution in [3.05, 3.63) is 119 Å². The van der Waals surface area contributed by atoms with Crippen LogP contribution in [0.25, 0.3) is 43.6 Å². The van der Waals surface area contributed by atoms with Crippen LogP contribution in [0, 0.1) is 0 Å². The summed E-state index contributed by atoms with van der Waals surface area (Å²) in [6, 6.07) is 9.46. The lowest BCUT2D eigenvalue weighted by Gasteiger charge is -2.32. The number of rotatable bonds is 0. The number of alkyl halides is 12. The lowest BCUT2D eigenvalue weighted by molar-refractivity contribution is -0.138. The number of halogens is 13. The molecular formula is C36H14F13N7. The second kappa shape index (κ2) is 11.3.